The lowest BCUT2D eigenvalue weighted by Gasteiger charge is -2.14. The molecule has 0 unspecified atom stereocenters. The Kier molecular flexibility index (Phi) is 5.23. The fourth-order valence-corrected chi connectivity index (χ4v) is 1.58. The Bertz CT molecular complexity index is 455. The predicted molar refractivity (Wildman–Crippen MR) is 74.1 cm³/mol. The summed E-state index contributed by atoms with van der Waals surface area (Å²) >= 11 is 5.86. The summed E-state index contributed by atoms with van der Waals surface area (Å²) in [6, 6.07) is 5.33. The molecule has 0 aliphatic carbocycles. The van der Waals surface area contributed by atoms with Crippen molar-refractivity contribution in [3.8, 4) is 5.75 Å². The maximum absolute atomic E-state index is 11.8. The second-order valence-electron chi connectivity index (χ2n) is 4.35. The monoisotopic (exact) mass is 267 g/mol. The Morgan fingerprint density at radius 2 is 2.11 bits per heavy atom. The number of hydrogen-bond donors (Lipinski definition) is 0. The van der Waals surface area contributed by atoms with E-state index in [0.717, 1.165) is 5.56 Å². The van der Waals surface area contributed by atoms with Gasteiger partial charge in [-0.15, -0.1) is 0 Å². The van der Waals surface area contributed by atoms with Gasteiger partial charge in [0.05, 0.1) is 0 Å². The van der Waals surface area contributed by atoms with Crippen molar-refractivity contribution in [2.24, 2.45) is 0 Å². The maximum Gasteiger partial charge on any atom is 0.197 e. The number of aryl methyl sites for hydroxylation is 1. The van der Waals surface area contributed by atoms with Crippen LogP contribution in [-0.2, 0) is 4.79 Å². The second-order valence-corrected chi connectivity index (χ2v) is 4.79. The van der Waals surface area contributed by atoms with Crippen molar-refractivity contribution >= 4 is 17.4 Å². The molecule has 0 aliphatic heterocycles. The Morgan fingerprint density at radius 1 is 1.44 bits per heavy atom. The van der Waals surface area contributed by atoms with Crippen LogP contribution < -0.4 is 4.74 Å². The Labute approximate surface area is 113 Å². The van der Waals surface area contributed by atoms with Gasteiger partial charge in [-0.3, -0.25) is 4.79 Å². The summed E-state index contributed by atoms with van der Waals surface area (Å²) in [7, 11) is 3.72. The highest BCUT2D eigenvalue weighted by atomic mass is 35.5. The molecule has 0 N–H and O–H groups in total. The zero-order chi connectivity index (χ0) is 13.7. The van der Waals surface area contributed by atoms with Crippen LogP contribution in [0.25, 0.3) is 0 Å². The van der Waals surface area contributed by atoms with E-state index in [-0.39, 0.29) is 5.78 Å². The van der Waals surface area contributed by atoms with Crippen molar-refractivity contribution < 1.29 is 9.53 Å². The molecule has 0 amide bonds. The van der Waals surface area contributed by atoms with Crippen LogP contribution in [0.3, 0.4) is 0 Å². The van der Waals surface area contributed by atoms with Crippen molar-refractivity contribution in [1.29, 1.82) is 0 Å². The van der Waals surface area contributed by atoms with Gasteiger partial charge < -0.3 is 9.64 Å². The Hall–Kier alpha value is -1.48. The quantitative estimate of drug-likeness (QED) is 0.768. The van der Waals surface area contributed by atoms with Crippen LogP contribution >= 0.6 is 11.6 Å². The molecule has 18 heavy (non-hydrogen) atoms. The van der Waals surface area contributed by atoms with Crippen LogP contribution in [0, 0.1) is 6.92 Å². The summed E-state index contributed by atoms with van der Waals surface area (Å²) < 4.78 is 5.62. The van der Waals surface area contributed by atoms with Gasteiger partial charge >= 0.3 is 0 Å². The molecule has 0 heterocycles. The molecule has 0 fully saturated rings. The number of carbonyl (C=O) groups excluding carboxylic acids is 1. The molecule has 0 radical (unpaired) electrons. The molecule has 0 spiro atoms. The lowest BCUT2D eigenvalue weighted by molar-refractivity contribution is -0.120. The van der Waals surface area contributed by atoms with E-state index < -0.39 is 6.10 Å². The summed E-state index contributed by atoms with van der Waals surface area (Å²) in [6.07, 6.45) is 2.70. The molecule has 1 aromatic rings. The Morgan fingerprint density at radius 3 is 2.67 bits per heavy atom. The van der Waals surface area contributed by atoms with E-state index in [0.29, 0.717) is 10.8 Å². The zero-order valence-electron chi connectivity index (χ0n) is 11.1. The fourth-order valence-electron chi connectivity index (χ4n) is 1.35. The average Bonchev–Trinajstić information content (AvgIpc) is 2.29. The molecule has 3 nitrogen and oxygen atoms in total. The number of ether oxygens (including phenoxy) is 1. The molecule has 0 bridgehead atoms. The van der Waals surface area contributed by atoms with Gasteiger partial charge in [0.15, 0.2) is 11.9 Å². The van der Waals surface area contributed by atoms with Crippen molar-refractivity contribution in [3.63, 3.8) is 0 Å². The van der Waals surface area contributed by atoms with Gasteiger partial charge in [-0.05, 0) is 37.6 Å². The van der Waals surface area contributed by atoms with Crippen LogP contribution in [0.2, 0.25) is 5.02 Å². The van der Waals surface area contributed by atoms with Crippen LogP contribution in [0.5, 0.6) is 5.75 Å². The predicted octanol–water partition coefficient (Wildman–Crippen LogP) is 3.06. The highest BCUT2D eigenvalue weighted by molar-refractivity contribution is 6.30. The van der Waals surface area contributed by atoms with E-state index in [1.807, 2.05) is 27.1 Å². The third-order valence-electron chi connectivity index (χ3n) is 2.38. The van der Waals surface area contributed by atoms with Crippen molar-refractivity contribution in [2.75, 3.05) is 14.1 Å². The fraction of sp³-hybridized carbons (Fsp3) is 0.357. The smallest absolute Gasteiger partial charge is 0.197 e. The summed E-state index contributed by atoms with van der Waals surface area (Å²) in [5.41, 5.74) is 0.915. The van der Waals surface area contributed by atoms with Crippen molar-refractivity contribution in [1.82, 2.24) is 4.90 Å². The van der Waals surface area contributed by atoms with Crippen LogP contribution in [0.4, 0.5) is 0 Å². The minimum atomic E-state index is -0.513. The molecule has 1 rings (SSSR count). The number of halogens is 1. The standard InChI is InChI=1S/C14H18ClNO2/c1-10-9-12(15)5-6-14(10)18-11(2)13(17)7-8-16(3)4/h5-9,11H,1-4H3/b8-7+/t11-/m1/s1. The molecule has 0 aromatic heterocycles. The molecule has 0 aliphatic rings. The Balaban J connectivity index is 2.69. The highest BCUT2D eigenvalue weighted by Crippen LogP contribution is 2.22. The second kappa shape index (κ2) is 6.45. The SMILES string of the molecule is Cc1cc(Cl)ccc1O[C@H](C)C(=O)/C=C/N(C)C. The van der Waals surface area contributed by atoms with Gasteiger partial charge in [0.1, 0.15) is 5.75 Å². The first-order chi connectivity index (χ1) is 8.40. The van der Waals surface area contributed by atoms with E-state index in [1.165, 1.54) is 6.08 Å². The molecule has 98 valence electrons. The number of ketones is 1. The van der Waals surface area contributed by atoms with Crippen molar-refractivity contribution in [3.05, 3.63) is 41.1 Å². The maximum atomic E-state index is 11.8. The number of carbonyl (C=O) groups is 1. The van der Waals surface area contributed by atoms with E-state index in [9.17, 15) is 4.79 Å². The normalized spacial score (nSPS) is 12.5. The molecular formula is C14H18ClNO2. The number of rotatable bonds is 5. The lowest BCUT2D eigenvalue weighted by atomic mass is 10.2. The van der Waals surface area contributed by atoms with Crippen LogP contribution in [0.15, 0.2) is 30.5 Å². The number of benzene rings is 1. The molecule has 0 saturated heterocycles. The average molecular weight is 268 g/mol. The van der Waals surface area contributed by atoms with E-state index in [1.54, 1.807) is 30.2 Å². The van der Waals surface area contributed by atoms with Crippen LogP contribution in [0.1, 0.15) is 12.5 Å². The van der Waals surface area contributed by atoms with Gasteiger partial charge in [-0.25, -0.2) is 0 Å². The van der Waals surface area contributed by atoms with Gasteiger partial charge in [-0.2, -0.15) is 0 Å². The third-order valence-corrected chi connectivity index (χ3v) is 2.61. The van der Waals surface area contributed by atoms with E-state index in [2.05, 4.69) is 0 Å². The van der Waals surface area contributed by atoms with Crippen molar-refractivity contribution in [2.45, 2.75) is 20.0 Å². The topological polar surface area (TPSA) is 29.5 Å². The zero-order valence-corrected chi connectivity index (χ0v) is 11.9. The van der Waals surface area contributed by atoms with Crippen LogP contribution in [-0.4, -0.2) is 30.9 Å². The first-order valence-electron chi connectivity index (χ1n) is 5.71. The minimum Gasteiger partial charge on any atom is -0.482 e. The first-order valence-corrected chi connectivity index (χ1v) is 6.09. The highest BCUT2D eigenvalue weighted by Gasteiger charge is 2.13. The molecule has 4 heteroatoms. The summed E-state index contributed by atoms with van der Waals surface area (Å²) in [4.78, 5) is 13.6. The summed E-state index contributed by atoms with van der Waals surface area (Å²) in [5, 5.41) is 0.659. The lowest BCUT2D eigenvalue weighted by Crippen LogP contribution is -2.22. The molecular weight excluding hydrogens is 250 g/mol. The van der Waals surface area contributed by atoms with E-state index >= 15 is 0 Å². The first kappa shape index (κ1) is 14.6. The summed E-state index contributed by atoms with van der Waals surface area (Å²) in [6.45, 7) is 3.63. The number of nitrogens with zero attached hydrogens (tertiary/aromatic N) is 1. The van der Waals surface area contributed by atoms with Gasteiger partial charge in [0, 0.05) is 31.4 Å². The van der Waals surface area contributed by atoms with E-state index in [4.69, 9.17) is 16.3 Å². The molecule has 1 atom stereocenters. The van der Waals surface area contributed by atoms with Gasteiger partial charge in [0.2, 0.25) is 0 Å². The minimum absolute atomic E-state index is 0.0712. The number of hydrogen-bond acceptors (Lipinski definition) is 3. The largest absolute Gasteiger partial charge is 0.482 e. The molecule has 0 saturated carbocycles. The third kappa shape index (κ3) is 4.41. The summed E-state index contributed by atoms with van der Waals surface area (Å²) in [5.74, 6) is 0.608. The van der Waals surface area contributed by atoms with Gasteiger partial charge in [-0.1, -0.05) is 11.6 Å². The van der Waals surface area contributed by atoms with Gasteiger partial charge in [0.25, 0.3) is 0 Å². The molecule has 1 aromatic carbocycles.